The lowest BCUT2D eigenvalue weighted by molar-refractivity contribution is 0.207. The Bertz CT molecular complexity index is 771. The number of amides is 2. The number of hydrogen-bond donors (Lipinski definition) is 1. The number of methoxy groups -OCH3 is 1. The molecule has 6 heteroatoms. The molecular formula is C21H27N3O3. The highest BCUT2D eigenvalue weighted by atomic mass is 16.5. The lowest BCUT2D eigenvalue weighted by Crippen LogP contribution is -2.50. The van der Waals surface area contributed by atoms with Gasteiger partial charge in [-0.05, 0) is 38.1 Å². The quantitative estimate of drug-likeness (QED) is 0.870. The summed E-state index contributed by atoms with van der Waals surface area (Å²) in [6.07, 6.45) is 0.124. The van der Waals surface area contributed by atoms with Crippen LogP contribution in [0.15, 0.2) is 48.5 Å². The van der Waals surface area contributed by atoms with E-state index in [0.717, 1.165) is 24.5 Å². The van der Waals surface area contributed by atoms with E-state index in [1.54, 1.807) is 7.11 Å². The zero-order valence-electron chi connectivity index (χ0n) is 16.1. The lowest BCUT2D eigenvalue weighted by Gasteiger charge is -2.36. The predicted octanol–water partition coefficient (Wildman–Crippen LogP) is 3.84. The Balaban J connectivity index is 1.61. The maximum atomic E-state index is 12.6. The summed E-state index contributed by atoms with van der Waals surface area (Å²) in [5.74, 6) is 1.55. The third-order valence-corrected chi connectivity index (χ3v) is 4.48. The molecule has 2 aromatic rings. The molecular weight excluding hydrogens is 342 g/mol. The van der Waals surface area contributed by atoms with Crippen molar-refractivity contribution in [1.29, 1.82) is 0 Å². The third-order valence-electron chi connectivity index (χ3n) is 4.48. The zero-order valence-corrected chi connectivity index (χ0v) is 16.1. The van der Waals surface area contributed by atoms with Gasteiger partial charge in [-0.1, -0.05) is 24.3 Å². The second-order valence-electron chi connectivity index (χ2n) is 6.74. The normalized spacial score (nSPS) is 14.2. The van der Waals surface area contributed by atoms with E-state index in [1.165, 1.54) is 0 Å². The molecule has 1 fully saturated rings. The minimum atomic E-state index is -0.106. The first kappa shape index (κ1) is 18.9. The average Bonchev–Trinajstić information content (AvgIpc) is 2.68. The fourth-order valence-corrected chi connectivity index (χ4v) is 3.16. The van der Waals surface area contributed by atoms with Gasteiger partial charge in [-0.3, -0.25) is 0 Å². The molecule has 6 nitrogen and oxygen atoms in total. The number of piperazine rings is 1. The molecule has 0 spiro atoms. The van der Waals surface area contributed by atoms with Gasteiger partial charge in [0, 0.05) is 26.2 Å². The van der Waals surface area contributed by atoms with Crippen LogP contribution in [0.2, 0.25) is 0 Å². The molecule has 1 aliphatic heterocycles. The monoisotopic (exact) mass is 369 g/mol. The van der Waals surface area contributed by atoms with Crippen molar-refractivity contribution in [1.82, 2.24) is 4.90 Å². The number of urea groups is 1. The molecule has 0 aromatic heterocycles. The van der Waals surface area contributed by atoms with Gasteiger partial charge in [-0.15, -0.1) is 0 Å². The summed E-state index contributed by atoms with van der Waals surface area (Å²) in [6.45, 7) is 6.87. The van der Waals surface area contributed by atoms with Crippen LogP contribution in [0.4, 0.5) is 16.2 Å². The minimum absolute atomic E-state index is 0.106. The molecule has 0 bridgehead atoms. The summed E-state index contributed by atoms with van der Waals surface area (Å²) in [4.78, 5) is 16.7. The second kappa shape index (κ2) is 8.66. The van der Waals surface area contributed by atoms with E-state index in [4.69, 9.17) is 9.47 Å². The van der Waals surface area contributed by atoms with Crippen LogP contribution in [0.25, 0.3) is 0 Å². The molecule has 1 saturated heterocycles. The number of carbonyl (C=O) groups is 1. The molecule has 0 aliphatic carbocycles. The Morgan fingerprint density at radius 3 is 2.26 bits per heavy atom. The van der Waals surface area contributed by atoms with Crippen molar-refractivity contribution in [2.45, 2.75) is 20.0 Å². The first-order valence-electron chi connectivity index (χ1n) is 9.28. The molecule has 144 valence electrons. The minimum Gasteiger partial charge on any atom is -0.495 e. The molecule has 27 heavy (non-hydrogen) atoms. The van der Waals surface area contributed by atoms with Gasteiger partial charge in [0.1, 0.15) is 11.5 Å². The molecule has 0 unspecified atom stereocenters. The van der Waals surface area contributed by atoms with Crippen LogP contribution < -0.4 is 19.7 Å². The first-order chi connectivity index (χ1) is 13.1. The van der Waals surface area contributed by atoms with Crippen LogP contribution in [0.3, 0.4) is 0 Å². The highest BCUT2D eigenvalue weighted by Crippen LogP contribution is 2.30. The van der Waals surface area contributed by atoms with Crippen LogP contribution >= 0.6 is 0 Å². The van der Waals surface area contributed by atoms with Crippen molar-refractivity contribution in [2.75, 3.05) is 43.5 Å². The van der Waals surface area contributed by atoms with Crippen LogP contribution in [-0.4, -0.2) is 50.3 Å². The number of carbonyl (C=O) groups excluding carboxylic acids is 1. The molecule has 0 atom stereocenters. The van der Waals surface area contributed by atoms with Gasteiger partial charge in [0.05, 0.1) is 24.6 Å². The topological polar surface area (TPSA) is 54.0 Å². The van der Waals surface area contributed by atoms with Crippen LogP contribution in [0.1, 0.15) is 13.8 Å². The maximum absolute atomic E-state index is 12.6. The van der Waals surface area contributed by atoms with Crippen molar-refractivity contribution in [3.05, 3.63) is 48.5 Å². The van der Waals surface area contributed by atoms with Gasteiger partial charge in [-0.2, -0.15) is 0 Å². The van der Waals surface area contributed by atoms with E-state index in [2.05, 4.69) is 16.3 Å². The summed E-state index contributed by atoms with van der Waals surface area (Å²) in [5.41, 5.74) is 1.76. The van der Waals surface area contributed by atoms with Crippen LogP contribution in [0.5, 0.6) is 11.5 Å². The third kappa shape index (κ3) is 4.64. The number of nitrogens with one attached hydrogen (secondary N) is 1. The number of benzene rings is 2. The van der Waals surface area contributed by atoms with E-state index < -0.39 is 0 Å². The van der Waals surface area contributed by atoms with Crippen molar-refractivity contribution < 1.29 is 14.3 Å². The second-order valence-corrected chi connectivity index (χ2v) is 6.74. The fraction of sp³-hybridized carbons (Fsp3) is 0.381. The standard InChI is InChI=1S/C21H27N3O3/c1-16(2)27-20-11-7-5-9-18(20)23-12-14-24(15-13-23)21(25)22-17-8-4-6-10-19(17)26-3/h4-11,16H,12-15H2,1-3H3,(H,22,25). The van der Waals surface area contributed by atoms with Gasteiger partial charge < -0.3 is 24.6 Å². The number of rotatable bonds is 5. The smallest absolute Gasteiger partial charge is 0.322 e. The van der Waals surface area contributed by atoms with Crippen molar-refractivity contribution in [3.63, 3.8) is 0 Å². The van der Waals surface area contributed by atoms with Crippen molar-refractivity contribution in [3.8, 4) is 11.5 Å². The molecule has 2 amide bonds. The molecule has 1 heterocycles. The van der Waals surface area contributed by atoms with E-state index in [-0.39, 0.29) is 12.1 Å². The molecule has 0 radical (unpaired) electrons. The van der Waals surface area contributed by atoms with Crippen LogP contribution in [-0.2, 0) is 0 Å². The van der Waals surface area contributed by atoms with Gasteiger partial charge in [-0.25, -0.2) is 4.79 Å². The van der Waals surface area contributed by atoms with Crippen LogP contribution in [0, 0.1) is 0 Å². The summed E-state index contributed by atoms with van der Waals surface area (Å²) < 4.78 is 11.2. The Morgan fingerprint density at radius 1 is 0.963 bits per heavy atom. The Kier molecular flexibility index (Phi) is 6.06. The number of hydrogen-bond acceptors (Lipinski definition) is 4. The van der Waals surface area contributed by atoms with Crippen molar-refractivity contribution in [2.24, 2.45) is 0 Å². The van der Waals surface area contributed by atoms with E-state index >= 15 is 0 Å². The van der Waals surface area contributed by atoms with E-state index in [9.17, 15) is 4.79 Å². The predicted molar refractivity (Wildman–Crippen MR) is 108 cm³/mol. The maximum Gasteiger partial charge on any atom is 0.322 e. The Labute approximate surface area is 160 Å². The number of anilines is 2. The zero-order chi connectivity index (χ0) is 19.2. The largest absolute Gasteiger partial charge is 0.495 e. The molecule has 1 aliphatic rings. The van der Waals surface area contributed by atoms with Gasteiger partial charge >= 0.3 is 6.03 Å². The lowest BCUT2D eigenvalue weighted by atomic mass is 10.2. The highest BCUT2D eigenvalue weighted by molar-refractivity contribution is 5.91. The Hall–Kier alpha value is -2.89. The number of ether oxygens (including phenoxy) is 2. The number of nitrogens with zero attached hydrogens (tertiary/aromatic N) is 2. The average molecular weight is 369 g/mol. The summed E-state index contributed by atoms with van der Waals surface area (Å²) >= 11 is 0. The van der Waals surface area contributed by atoms with Gasteiger partial charge in [0.2, 0.25) is 0 Å². The van der Waals surface area contributed by atoms with Gasteiger partial charge in [0.25, 0.3) is 0 Å². The first-order valence-corrected chi connectivity index (χ1v) is 9.28. The highest BCUT2D eigenvalue weighted by Gasteiger charge is 2.23. The number of para-hydroxylation sites is 4. The molecule has 0 saturated carbocycles. The van der Waals surface area contributed by atoms with Crippen molar-refractivity contribution >= 4 is 17.4 Å². The molecule has 1 N–H and O–H groups in total. The molecule has 2 aromatic carbocycles. The summed E-state index contributed by atoms with van der Waals surface area (Å²) in [7, 11) is 1.60. The Morgan fingerprint density at radius 2 is 1.59 bits per heavy atom. The summed E-state index contributed by atoms with van der Waals surface area (Å²) in [6, 6.07) is 15.4. The summed E-state index contributed by atoms with van der Waals surface area (Å²) in [5, 5.41) is 2.94. The molecule has 3 rings (SSSR count). The fourth-order valence-electron chi connectivity index (χ4n) is 3.16. The van der Waals surface area contributed by atoms with E-state index in [1.807, 2.05) is 61.2 Å². The van der Waals surface area contributed by atoms with E-state index in [0.29, 0.717) is 24.5 Å². The van der Waals surface area contributed by atoms with Gasteiger partial charge in [0.15, 0.2) is 0 Å². The SMILES string of the molecule is COc1ccccc1NC(=O)N1CCN(c2ccccc2OC(C)C)CC1.